The third-order valence-corrected chi connectivity index (χ3v) is 3.65. The van der Waals surface area contributed by atoms with Gasteiger partial charge in [-0.2, -0.15) is 0 Å². The number of guanidine groups is 1. The number of hydrogen-bond acceptors (Lipinski definition) is 4. The van der Waals surface area contributed by atoms with Gasteiger partial charge in [0.1, 0.15) is 12.4 Å². The lowest BCUT2D eigenvalue weighted by Gasteiger charge is -2.21. The molecule has 0 saturated heterocycles. The van der Waals surface area contributed by atoms with E-state index in [4.69, 9.17) is 9.47 Å². The summed E-state index contributed by atoms with van der Waals surface area (Å²) in [5, 5.41) is 10.1. The topological polar surface area (TPSA) is 66.9 Å². The molecular weight excluding hydrogens is 455 g/mol. The molecule has 0 aliphatic rings. The van der Waals surface area contributed by atoms with Crippen LogP contribution in [0.2, 0.25) is 0 Å². The number of halogens is 1. The first-order valence-corrected chi connectivity index (χ1v) is 9.35. The summed E-state index contributed by atoms with van der Waals surface area (Å²) in [5.41, 5.74) is 2.40. The van der Waals surface area contributed by atoms with Gasteiger partial charge in [0.05, 0.1) is 6.61 Å². The van der Waals surface area contributed by atoms with Crippen LogP contribution in [0.3, 0.4) is 0 Å². The first-order chi connectivity index (χ1) is 12.4. The molecule has 0 bridgehead atoms. The molecule has 1 aromatic carbocycles. The minimum atomic E-state index is 0. The maximum Gasteiger partial charge on any atom is 0.191 e. The van der Waals surface area contributed by atoms with Crippen LogP contribution in [0.4, 0.5) is 0 Å². The molecule has 1 aromatic rings. The molecular formula is C20H37IN4O2. The maximum absolute atomic E-state index is 5.89. The van der Waals surface area contributed by atoms with Crippen molar-refractivity contribution in [1.82, 2.24) is 16.0 Å². The zero-order valence-corrected chi connectivity index (χ0v) is 20.0. The highest BCUT2D eigenvalue weighted by Gasteiger charge is 2.08. The smallest absolute Gasteiger partial charge is 0.191 e. The van der Waals surface area contributed by atoms with Gasteiger partial charge >= 0.3 is 0 Å². The van der Waals surface area contributed by atoms with Gasteiger partial charge in [0.2, 0.25) is 0 Å². The number of benzene rings is 1. The van der Waals surface area contributed by atoms with Crippen LogP contribution in [-0.2, 0) is 11.3 Å². The van der Waals surface area contributed by atoms with Gasteiger partial charge in [0.25, 0.3) is 0 Å². The van der Waals surface area contributed by atoms with Gasteiger partial charge in [-0.15, -0.1) is 24.0 Å². The molecule has 27 heavy (non-hydrogen) atoms. The lowest BCUT2D eigenvalue weighted by Crippen LogP contribution is -2.44. The first kappa shape index (κ1) is 25.9. The van der Waals surface area contributed by atoms with Gasteiger partial charge in [0.15, 0.2) is 5.96 Å². The van der Waals surface area contributed by atoms with Crippen LogP contribution < -0.4 is 20.7 Å². The fourth-order valence-electron chi connectivity index (χ4n) is 2.32. The summed E-state index contributed by atoms with van der Waals surface area (Å²) >= 11 is 0. The molecule has 0 fully saturated rings. The van der Waals surface area contributed by atoms with E-state index in [-0.39, 0.29) is 29.5 Å². The second kappa shape index (κ2) is 14.0. The summed E-state index contributed by atoms with van der Waals surface area (Å²) in [7, 11) is 1.78. The van der Waals surface area contributed by atoms with Gasteiger partial charge in [-0.1, -0.05) is 12.1 Å². The van der Waals surface area contributed by atoms with Crippen LogP contribution in [0.25, 0.3) is 0 Å². The number of hydrogen-bond donors (Lipinski definition) is 3. The Morgan fingerprint density at radius 2 is 1.85 bits per heavy atom. The zero-order valence-electron chi connectivity index (χ0n) is 17.6. The molecule has 0 heterocycles. The van der Waals surface area contributed by atoms with E-state index in [1.165, 1.54) is 5.56 Å². The molecule has 7 heteroatoms. The Balaban J connectivity index is 0.00000676. The standard InChI is InChI=1S/C20H36N4O2.HI/c1-7-25-12-13-26-18-14-16(2)8-9-17(18)15-23-19(21-6)22-10-11-24-20(3,4)5;/h8-9,14,24H,7,10-13,15H2,1-6H3,(H2,21,22,23);1H. The zero-order chi connectivity index (χ0) is 19.4. The van der Waals surface area contributed by atoms with Crippen molar-refractivity contribution in [2.75, 3.05) is 40.0 Å². The van der Waals surface area contributed by atoms with Crippen molar-refractivity contribution in [2.45, 2.75) is 46.7 Å². The summed E-state index contributed by atoms with van der Waals surface area (Å²) in [6, 6.07) is 6.25. The summed E-state index contributed by atoms with van der Waals surface area (Å²) in [4.78, 5) is 4.28. The minimum absolute atomic E-state index is 0. The van der Waals surface area contributed by atoms with Crippen LogP contribution >= 0.6 is 24.0 Å². The van der Waals surface area contributed by atoms with E-state index in [1.807, 2.05) is 6.92 Å². The third kappa shape index (κ3) is 12.1. The molecule has 156 valence electrons. The van der Waals surface area contributed by atoms with Crippen molar-refractivity contribution in [3.05, 3.63) is 29.3 Å². The van der Waals surface area contributed by atoms with Crippen LogP contribution in [0.5, 0.6) is 5.75 Å². The number of ether oxygens (including phenoxy) is 2. The predicted molar refractivity (Wildman–Crippen MR) is 125 cm³/mol. The molecule has 0 radical (unpaired) electrons. The Kier molecular flexibility index (Phi) is 13.5. The highest BCUT2D eigenvalue weighted by atomic mass is 127. The van der Waals surface area contributed by atoms with E-state index in [1.54, 1.807) is 7.05 Å². The molecule has 3 N–H and O–H groups in total. The lowest BCUT2D eigenvalue weighted by molar-refractivity contribution is 0.110. The van der Waals surface area contributed by atoms with E-state index in [9.17, 15) is 0 Å². The Morgan fingerprint density at radius 1 is 1.11 bits per heavy atom. The second-order valence-electron chi connectivity index (χ2n) is 7.19. The van der Waals surface area contributed by atoms with Crippen molar-refractivity contribution in [2.24, 2.45) is 4.99 Å². The monoisotopic (exact) mass is 492 g/mol. The van der Waals surface area contributed by atoms with Crippen molar-refractivity contribution in [1.29, 1.82) is 0 Å². The summed E-state index contributed by atoms with van der Waals surface area (Å²) in [6.07, 6.45) is 0. The normalized spacial score (nSPS) is 11.7. The van der Waals surface area contributed by atoms with Gasteiger partial charge in [-0.3, -0.25) is 4.99 Å². The quantitative estimate of drug-likeness (QED) is 0.203. The Bertz CT molecular complexity index is 559. The highest BCUT2D eigenvalue weighted by Crippen LogP contribution is 2.20. The molecule has 0 atom stereocenters. The molecule has 0 saturated carbocycles. The van der Waals surface area contributed by atoms with Crippen LogP contribution in [0, 0.1) is 6.92 Å². The number of aryl methyl sites for hydroxylation is 1. The number of aliphatic imine (C=N–C) groups is 1. The van der Waals surface area contributed by atoms with E-state index in [2.05, 4.69) is 66.8 Å². The van der Waals surface area contributed by atoms with Crippen LogP contribution in [0.1, 0.15) is 38.8 Å². The first-order valence-electron chi connectivity index (χ1n) is 9.35. The summed E-state index contributed by atoms with van der Waals surface area (Å²) < 4.78 is 11.2. The minimum Gasteiger partial charge on any atom is -0.491 e. The SMILES string of the molecule is CCOCCOc1cc(C)ccc1CNC(=NC)NCCNC(C)(C)C.I. The van der Waals surface area contributed by atoms with Gasteiger partial charge in [0, 0.05) is 44.4 Å². The molecule has 0 aromatic heterocycles. The van der Waals surface area contributed by atoms with E-state index >= 15 is 0 Å². The molecule has 0 aliphatic carbocycles. The lowest BCUT2D eigenvalue weighted by atomic mass is 10.1. The average Bonchev–Trinajstić information content (AvgIpc) is 2.58. The summed E-state index contributed by atoms with van der Waals surface area (Å²) in [5.74, 6) is 1.67. The molecule has 0 amide bonds. The van der Waals surface area contributed by atoms with E-state index in [0.29, 0.717) is 26.4 Å². The average molecular weight is 492 g/mol. The van der Waals surface area contributed by atoms with Crippen LogP contribution in [0.15, 0.2) is 23.2 Å². The Morgan fingerprint density at radius 3 is 2.48 bits per heavy atom. The van der Waals surface area contributed by atoms with E-state index in [0.717, 1.165) is 30.4 Å². The van der Waals surface area contributed by atoms with Crippen molar-refractivity contribution < 1.29 is 9.47 Å². The maximum atomic E-state index is 5.89. The summed E-state index contributed by atoms with van der Waals surface area (Å²) in [6.45, 7) is 14.7. The highest BCUT2D eigenvalue weighted by molar-refractivity contribution is 14.0. The second-order valence-corrected chi connectivity index (χ2v) is 7.19. The van der Waals surface area contributed by atoms with Gasteiger partial charge in [-0.05, 0) is 46.2 Å². The van der Waals surface area contributed by atoms with Crippen LogP contribution in [-0.4, -0.2) is 51.5 Å². The van der Waals surface area contributed by atoms with Gasteiger partial charge in [-0.25, -0.2) is 0 Å². The predicted octanol–water partition coefficient (Wildman–Crippen LogP) is 3.08. The number of rotatable bonds is 10. The molecule has 1 rings (SSSR count). The molecule has 0 aliphatic heterocycles. The number of nitrogens with one attached hydrogen (secondary N) is 3. The van der Waals surface area contributed by atoms with Crippen molar-refractivity contribution in [3.8, 4) is 5.75 Å². The Labute approximate surface area is 181 Å². The third-order valence-electron chi connectivity index (χ3n) is 3.65. The molecule has 6 nitrogen and oxygen atoms in total. The molecule has 0 spiro atoms. The fraction of sp³-hybridized carbons (Fsp3) is 0.650. The number of nitrogens with zero attached hydrogens (tertiary/aromatic N) is 1. The van der Waals surface area contributed by atoms with Crippen molar-refractivity contribution >= 4 is 29.9 Å². The van der Waals surface area contributed by atoms with Gasteiger partial charge < -0.3 is 25.4 Å². The fourth-order valence-corrected chi connectivity index (χ4v) is 2.32. The largest absolute Gasteiger partial charge is 0.491 e. The van der Waals surface area contributed by atoms with E-state index < -0.39 is 0 Å². The van der Waals surface area contributed by atoms with Crippen molar-refractivity contribution in [3.63, 3.8) is 0 Å². The Hall–Kier alpha value is -1.06. The molecule has 0 unspecified atom stereocenters.